The Bertz CT molecular complexity index is 1110. The van der Waals surface area contributed by atoms with E-state index in [1.807, 2.05) is 24.3 Å². The molecule has 1 aromatic carbocycles. The third-order valence-electron chi connectivity index (χ3n) is 5.98. The summed E-state index contributed by atoms with van der Waals surface area (Å²) in [5.74, 6) is 1.84. The first kappa shape index (κ1) is 19.0. The van der Waals surface area contributed by atoms with Gasteiger partial charge in [0.2, 0.25) is 0 Å². The highest BCUT2D eigenvalue weighted by atomic mass is 32.2. The quantitative estimate of drug-likeness (QED) is 0.589. The molecule has 5 nitrogen and oxygen atoms in total. The van der Waals surface area contributed by atoms with Crippen molar-refractivity contribution in [2.75, 3.05) is 0 Å². The fraction of sp³-hybridized carbons (Fsp3) is 0.409. The summed E-state index contributed by atoms with van der Waals surface area (Å²) < 4.78 is 35.2. The predicted molar refractivity (Wildman–Crippen MR) is 113 cm³/mol. The lowest BCUT2D eigenvalue weighted by Crippen LogP contribution is -2.30. The summed E-state index contributed by atoms with van der Waals surface area (Å²) >= 11 is 1.23. The summed E-state index contributed by atoms with van der Waals surface area (Å²) in [6.07, 6.45) is 9.23. The number of hydrogen-bond acceptors (Lipinski definition) is 5. The summed E-state index contributed by atoms with van der Waals surface area (Å²) in [6.45, 7) is 0. The van der Waals surface area contributed by atoms with Gasteiger partial charge in [-0.1, -0.05) is 37.1 Å². The highest BCUT2D eigenvalue weighted by Crippen LogP contribution is 2.38. The lowest BCUT2D eigenvalue weighted by Gasteiger charge is -2.25. The van der Waals surface area contributed by atoms with Crippen molar-refractivity contribution >= 4 is 21.4 Å². The average Bonchev–Trinajstić information content (AvgIpc) is 3.48. The van der Waals surface area contributed by atoms with Gasteiger partial charge >= 0.3 is 0 Å². The minimum atomic E-state index is -3.59. The lowest BCUT2D eigenvalue weighted by molar-refractivity contribution is 0.458. The van der Waals surface area contributed by atoms with Crippen LogP contribution in [0.25, 0.3) is 10.6 Å². The second-order valence-corrected chi connectivity index (χ2v) is 11.0. The number of fused-ring (bicyclic) bond motifs is 1. The van der Waals surface area contributed by atoms with Gasteiger partial charge < -0.3 is 4.42 Å². The maximum Gasteiger partial charge on any atom is 0.250 e. The number of nitrogens with one attached hydrogen (secondary N) is 1. The van der Waals surface area contributed by atoms with Gasteiger partial charge in [0.05, 0.1) is 11.1 Å². The normalized spacial score (nSPS) is 20.1. The number of thiophene rings is 1. The summed E-state index contributed by atoms with van der Waals surface area (Å²) in [5, 5.41) is 0. The summed E-state index contributed by atoms with van der Waals surface area (Å²) in [7, 11) is -3.59. The number of rotatable bonds is 5. The molecule has 0 aliphatic heterocycles. The Hall–Kier alpha value is -1.96. The minimum absolute atomic E-state index is 0.172. The Balaban J connectivity index is 1.36. The first-order valence-corrected chi connectivity index (χ1v) is 12.6. The average molecular weight is 429 g/mol. The molecular weight excluding hydrogens is 404 g/mol. The van der Waals surface area contributed by atoms with E-state index in [0.717, 1.165) is 48.4 Å². The van der Waals surface area contributed by atoms with Crippen LogP contribution in [0, 0.1) is 0 Å². The summed E-state index contributed by atoms with van der Waals surface area (Å²) in [4.78, 5) is 5.24. The zero-order valence-electron chi connectivity index (χ0n) is 16.1. The molecule has 0 spiro atoms. The molecular formula is C22H24N2O3S2. The van der Waals surface area contributed by atoms with E-state index in [2.05, 4.69) is 15.8 Å². The number of hydrogen-bond donors (Lipinski definition) is 1. The van der Waals surface area contributed by atoms with E-state index in [0.29, 0.717) is 15.9 Å². The monoisotopic (exact) mass is 428 g/mol. The smallest absolute Gasteiger partial charge is 0.250 e. The maximum absolute atomic E-state index is 13.0. The molecule has 5 rings (SSSR count). The van der Waals surface area contributed by atoms with Crippen LogP contribution >= 0.6 is 11.3 Å². The lowest BCUT2D eigenvalue weighted by atomic mass is 9.88. The molecule has 2 aliphatic carbocycles. The number of oxazole rings is 1. The van der Waals surface area contributed by atoms with E-state index in [1.165, 1.54) is 29.7 Å². The van der Waals surface area contributed by atoms with E-state index in [4.69, 9.17) is 4.42 Å². The Morgan fingerprint density at radius 1 is 1.03 bits per heavy atom. The van der Waals surface area contributed by atoms with Gasteiger partial charge in [0.25, 0.3) is 10.0 Å². The van der Waals surface area contributed by atoms with E-state index in [-0.39, 0.29) is 6.04 Å². The van der Waals surface area contributed by atoms with Crippen molar-refractivity contribution in [3.05, 3.63) is 59.6 Å². The third kappa shape index (κ3) is 3.79. The van der Waals surface area contributed by atoms with Gasteiger partial charge in [0.15, 0.2) is 11.7 Å². The van der Waals surface area contributed by atoms with Crippen molar-refractivity contribution in [1.29, 1.82) is 0 Å². The van der Waals surface area contributed by atoms with Gasteiger partial charge in [-0.2, -0.15) is 0 Å². The Morgan fingerprint density at radius 3 is 2.72 bits per heavy atom. The zero-order chi connectivity index (χ0) is 19.8. The molecule has 0 bridgehead atoms. The van der Waals surface area contributed by atoms with Crippen LogP contribution in [-0.2, 0) is 16.4 Å². The van der Waals surface area contributed by atoms with Crippen molar-refractivity contribution in [1.82, 2.24) is 9.71 Å². The van der Waals surface area contributed by atoms with Crippen LogP contribution in [0.1, 0.15) is 67.5 Å². The summed E-state index contributed by atoms with van der Waals surface area (Å²) in [6, 6.07) is 11.4. The Kier molecular flexibility index (Phi) is 5.05. The number of aromatic nitrogens is 1. The van der Waals surface area contributed by atoms with E-state index in [9.17, 15) is 8.42 Å². The summed E-state index contributed by atoms with van der Waals surface area (Å²) in [5.41, 5.74) is 2.33. The van der Waals surface area contributed by atoms with Crippen molar-refractivity contribution in [2.45, 2.75) is 61.1 Å². The van der Waals surface area contributed by atoms with Crippen LogP contribution in [0.4, 0.5) is 0 Å². The highest BCUT2D eigenvalue weighted by molar-refractivity contribution is 7.91. The molecule has 1 unspecified atom stereocenters. The van der Waals surface area contributed by atoms with Gasteiger partial charge in [0, 0.05) is 12.0 Å². The first-order chi connectivity index (χ1) is 14.1. The van der Waals surface area contributed by atoms with Crippen LogP contribution in [-0.4, -0.2) is 13.4 Å². The van der Waals surface area contributed by atoms with Gasteiger partial charge in [-0.3, -0.25) is 0 Å². The van der Waals surface area contributed by atoms with Crippen LogP contribution in [0.2, 0.25) is 0 Å². The molecule has 1 N–H and O–H groups in total. The van der Waals surface area contributed by atoms with E-state index < -0.39 is 10.0 Å². The standard InChI is InChI=1S/C22H24N2O3S2/c25-29(26,24-18-11-5-9-15-6-3-4-10-17(15)18)21-13-12-20(28-21)19-14-23-22(27-19)16-7-1-2-8-16/h3-4,6,10,12-14,16,18,24H,1-2,5,7-9,11H2. The van der Waals surface area contributed by atoms with Gasteiger partial charge in [-0.05, 0) is 55.4 Å². The molecule has 1 fully saturated rings. The second kappa shape index (κ2) is 7.70. The van der Waals surface area contributed by atoms with Crippen LogP contribution < -0.4 is 4.72 Å². The molecule has 1 atom stereocenters. The topological polar surface area (TPSA) is 72.2 Å². The van der Waals surface area contributed by atoms with Gasteiger partial charge in [0.1, 0.15) is 4.21 Å². The van der Waals surface area contributed by atoms with Crippen molar-refractivity contribution in [2.24, 2.45) is 0 Å². The number of aryl methyl sites for hydroxylation is 1. The molecule has 152 valence electrons. The molecule has 2 heterocycles. The number of nitrogens with zero attached hydrogens (tertiary/aromatic N) is 1. The first-order valence-electron chi connectivity index (χ1n) is 10.3. The largest absolute Gasteiger partial charge is 0.440 e. The fourth-order valence-corrected chi connectivity index (χ4v) is 7.00. The molecule has 0 radical (unpaired) electrons. The Morgan fingerprint density at radius 2 is 1.86 bits per heavy atom. The van der Waals surface area contributed by atoms with Gasteiger partial charge in [-0.25, -0.2) is 18.1 Å². The highest BCUT2D eigenvalue weighted by Gasteiger charge is 2.27. The fourth-order valence-electron chi connectivity index (χ4n) is 4.48. The number of benzene rings is 1. The molecule has 1 saturated carbocycles. The number of sulfonamides is 1. The minimum Gasteiger partial charge on any atom is -0.440 e. The van der Waals surface area contributed by atoms with Crippen LogP contribution in [0.5, 0.6) is 0 Å². The molecule has 0 amide bonds. The molecule has 7 heteroatoms. The molecule has 2 aromatic heterocycles. The molecule has 0 saturated heterocycles. The van der Waals surface area contributed by atoms with Crippen molar-refractivity contribution in [3.63, 3.8) is 0 Å². The van der Waals surface area contributed by atoms with E-state index in [1.54, 1.807) is 12.3 Å². The molecule has 2 aliphatic rings. The Labute approximate surface area is 175 Å². The van der Waals surface area contributed by atoms with Gasteiger partial charge in [-0.15, -0.1) is 11.3 Å². The molecule has 29 heavy (non-hydrogen) atoms. The van der Waals surface area contributed by atoms with Crippen molar-refractivity contribution < 1.29 is 12.8 Å². The van der Waals surface area contributed by atoms with Crippen LogP contribution in [0.15, 0.2) is 51.2 Å². The maximum atomic E-state index is 13.0. The van der Waals surface area contributed by atoms with E-state index >= 15 is 0 Å². The molecule has 3 aromatic rings. The zero-order valence-corrected chi connectivity index (χ0v) is 17.8. The third-order valence-corrected chi connectivity index (χ3v) is 9.05. The second-order valence-electron chi connectivity index (χ2n) is 7.93. The van der Waals surface area contributed by atoms with Crippen molar-refractivity contribution in [3.8, 4) is 10.6 Å². The SMILES string of the molecule is O=S(=O)(NC1CCCc2ccccc21)c1ccc(-c2cnc(C3CCCC3)o2)s1. The predicted octanol–water partition coefficient (Wildman–Crippen LogP) is 5.42. The van der Waals surface area contributed by atoms with Crippen LogP contribution in [0.3, 0.4) is 0 Å².